The molecule has 144 valence electrons. The van der Waals surface area contributed by atoms with Gasteiger partial charge in [0.15, 0.2) is 0 Å². The average Bonchev–Trinajstić information content (AvgIpc) is 2.94. The van der Waals surface area contributed by atoms with Gasteiger partial charge in [0.2, 0.25) is 0 Å². The fourth-order valence-electron chi connectivity index (χ4n) is 6.57. The van der Waals surface area contributed by atoms with E-state index in [1.807, 2.05) is 11.8 Å². The molecule has 10 unspecified atom stereocenters. The zero-order valence-electron chi connectivity index (χ0n) is 16.2. The summed E-state index contributed by atoms with van der Waals surface area (Å²) in [5, 5.41) is 4.31. The Morgan fingerprint density at radius 3 is 2.76 bits per heavy atom. The molecule has 4 N–H and O–H groups in total. The van der Waals surface area contributed by atoms with Crippen LogP contribution in [0.15, 0.2) is 0 Å². The van der Waals surface area contributed by atoms with Crippen molar-refractivity contribution in [3.63, 3.8) is 0 Å². The van der Waals surface area contributed by atoms with Gasteiger partial charge in [0.1, 0.15) is 18.1 Å². The van der Waals surface area contributed by atoms with E-state index in [0.717, 1.165) is 16.3 Å². The van der Waals surface area contributed by atoms with Crippen molar-refractivity contribution >= 4 is 21.2 Å². The third-order valence-electron chi connectivity index (χ3n) is 7.57. The molecule has 1 aliphatic carbocycles. The molecule has 4 fully saturated rings. The molecule has 6 heteroatoms. The summed E-state index contributed by atoms with van der Waals surface area (Å²) in [6, 6.07) is 1.90. The summed E-state index contributed by atoms with van der Waals surface area (Å²) < 4.78 is 1.02. The Morgan fingerprint density at radius 1 is 1.24 bits per heavy atom. The highest BCUT2D eigenvalue weighted by Gasteiger charge is 2.54. The zero-order chi connectivity index (χ0) is 17.8. The number of nitrogens with one attached hydrogen (secondary N) is 2. The smallest absolute Gasteiger partial charge is 0.108 e. The summed E-state index contributed by atoms with van der Waals surface area (Å²) in [6.45, 7) is 8.67. The van der Waals surface area contributed by atoms with Gasteiger partial charge in [0.05, 0.1) is 15.4 Å². The predicted octanol–water partition coefficient (Wildman–Crippen LogP) is 3.20. The van der Waals surface area contributed by atoms with Crippen molar-refractivity contribution in [3.8, 4) is 0 Å². The SMILES string of the molecule is CC1CC2N[N+](P)(CC2C2NC(N)SC2C)C2CCCCC(C)(C1)C2. The molecule has 3 saturated heterocycles. The van der Waals surface area contributed by atoms with Crippen LogP contribution < -0.4 is 16.5 Å². The Morgan fingerprint density at radius 2 is 2.04 bits per heavy atom. The predicted molar refractivity (Wildman–Crippen MR) is 111 cm³/mol. The summed E-state index contributed by atoms with van der Waals surface area (Å²) >= 11 is 1.91. The first kappa shape index (κ1) is 19.0. The average molecular weight is 386 g/mol. The maximum atomic E-state index is 6.21. The number of quaternary nitrogens is 1. The molecule has 3 heterocycles. The molecular weight excluding hydrogens is 347 g/mol. The van der Waals surface area contributed by atoms with E-state index in [1.165, 1.54) is 51.5 Å². The molecule has 0 spiro atoms. The van der Waals surface area contributed by atoms with Crippen LogP contribution in [0.4, 0.5) is 0 Å². The van der Waals surface area contributed by atoms with E-state index in [4.69, 9.17) is 5.73 Å². The number of nitrogens with zero attached hydrogens (tertiary/aromatic N) is 1. The quantitative estimate of drug-likeness (QED) is 0.607. The van der Waals surface area contributed by atoms with Crippen LogP contribution in [0.5, 0.6) is 0 Å². The highest BCUT2D eigenvalue weighted by atomic mass is 32.2. The van der Waals surface area contributed by atoms with Crippen molar-refractivity contribution < 1.29 is 4.36 Å². The largest absolute Gasteiger partial charge is 0.307 e. The summed E-state index contributed by atoms with van der Waals surface area (Å²) in [5.74, 6) is 1.49. The van der Waals surface area contributed by atoms with Crippen molar-refractivity contribution in [2.24, 2.45) is 23.0 Å². The van der Waals surface area contributed by atoms with Gasteiger partial charge < -0.3 is 5.73 Å². The molecule has 3 aliphatic heterocycles. The molecular formula is C19H38N4PS+. The molecule has 1 saturated carbocycles. The molecule has 0 aromatic heterocycles. The van der Waals surface area contributed by atoms with E-state index >= 15 is 0 Å². The minimum Gasteiger partial charge on any atom is -0.307 e. The van der Waals surface area contributed by atoms with Crippen LogP contribution in [-0.2, 0) is 0 Å². The molecule has 4 nitrogen and oxygen atoms in total. The fourth-order valence-corrected chi connectivity index (χ4v) is 8.41. The molecule has 0 radical (unpaired) electrons. The van der Waals surface area contributed by atoms with E-state index in [0.29, 0.717) is 28.7 Å². The summed E-state index contributed by atoms with van der Waals surface area (Å²) in [7, 11) is 3.25. The minimum atomic E-state index is 0.110. The van der Waals surface area contributed by atoms with E-state index in [2.05, 4.69) is 40.9 Å². The number of fused-ring (bicyclic) bond motifs is 5. The lowest BCUT2D eigenvalue weighted by Crippen LogP contribution is -2.54. The van der Waals surface area contributed by atoms with Crippen LogP contribution in [0, 0.1) is 17.3 Å². The molecule has 10 atom stereocenters. The standard InChI is InChI=1S/C19H38N4PS/c1-12-8-16-15(17-13(2)25-18(20)21-17)11-23(24,22-16)14-6-4-5-7-19(3,9-12)10-14/h12-18,21-22H,4-11,20,24H2,1-3H3/q+1. The Kier molecular flexibility index (Phi) is 5.23. The third kappa shape index (κ3) is 3.67. The van der Waals surface area contributed by atoms with Gasteiger partial charge in [-0.1, -0.05) is 27.2 Å². The molecule has 0 amide bonds. The van der Waals surface area contributed by atoms with Gasteiger partial charge in [0.25, 0.3) is 0 Å². The molecule has 0 aromatic carbocycles. The Hall–Kier alpha value is 0.620. The van der Waals surface area contributed by atoms with Crippen molar-refractivity contribution in [1.29, 1.82) is 0 Å². The highest BCUT2D eigenvalue weighted by molar-refractivity contribution is 8.00. The van der Waals surface area contributed by atoms with Gasteiger partial charge in [-0.25, -0.2) is 4.36 Å². The third-order valence-corrected chi connectivity index (χ3v) is 9.50. The Balaban J connectivity index is 1.63. The van der Waals surface area contributed by atoms with Gasteiger partial charge in [0, 0.05) is 30.1 Å². The normalized spacial score (nSPS) is 56.8. The summed E-state index contributed by atoms with van der Waals surface area (Å²) in [5.41, 5.74) is 11.0. The van der Waals surface area contributed by atoms with E-state index in [-0.39, 0.29) is 5.50 Å². The first-order valence-electron chi connectivity index (χ1n) is 10.4. The molecule has 4 bridgehead atoms. The second-order valence-corrected chi connectivity index (χ2v) is 12.4. The topological polar surface area (TPSA) is 50.1 Å². The van der Waals surface area contributed by atoms with Crippen LogP contribution in [0.3, 0.4) is 0 Å². The lowest BCUT2D eigenvalue weighted by molar-refractivity contribution is -0.863. The first-order valence-corrected chi connectivity index (χ1v) is 11.9. The zero-order valence-corrected chi connectivity index (χ0v) is 18.2. The summed E-state index contributed by atoms with van der Waals surface area (Å²) in [4.78, 5) is 0. The maximum absolute atomic E-state index is 6.21. The van der Waals surface area contributed by atoms with Crippen molar-refractivity contribution in [1.82, 2.24) is 10.7 Å². The maximum Gasteiger partial charge on any atom is 0.108 e. The second kappa shape index (κ2) is 6.90. The van der Waals surface area contributed by atoms with Crippen molar-refractivity contribution in [2.45, 2.75) is 94.6 Å². The van der Waals surface area contributed by atoms with Gasteiger partial charge in [-0.3, -0.25) is 5.32 Å². The monoisotopic (exact) mass is 385 g/mol. The number of nitrogens with two attached hydrogens (primary N) is 1. The van der Waals surface area contributed by atoms with Crippen molar-refractivity contribution in [2.75, 3.05) is 6.54 Å². The van der Waals surface area contributed by atoms with Crippen LogP contribution >= 0.6 is 21.2 Å². The molecule has 0 aromatic rings. The summed E-state index contributed by atoms with van der Waals surface area (Å²) in [6.07, 6.45) is 9.73. The molecule has 25 heavy (non-hydrogen) atoms. The lowest BCUT2D eigenvalue weighted by atomic mass is 9.72. The van der Waals surface area contributed by atoms with E-state index in [1.54, 1.807) is 0 Å². The van der Waals surface area contributed by atoms with E-state index < -0.39 is 0 Å². The van der Waals surface area contributed by atoms with Crippen LogP contribution in [-0.4, -0.2) is 39.8 Å². The Bertz CT molecular complexity index is 508. The molecule has 4 rings (SSSR count). The number of hydrogen-bond donors (Lipinski definition) is 3. The van der Waals surface area contributed by atoms with Crippen LogP contribution in [0.25, 0.3) is 0 Å². The first-order chi connectivity index (χ1) is 11.8. The van der Waals surface area contributed by atoms with Gasteiger partial charge in [-0.05, 0) is 37.0 Å². The Labute approximate surface area is 160 Å². The van der Waals surface area contributed by atoms with Gasteiger partial charge in [-0.2, -0.15) is 5.43 Å². The van der Waals surface area contributed by atoms with Gasteiger partial charge in [-0.15, -0.1) is 11.8 Å². The number of hydrogen-bond acceptors (Lipinski definition) is 4. The number of rotatable bonds is 1. The van der Waals surface area contributed by atoms with Crippen LogP contribution in [0.2, 0.25) is 0 Å². The fraction of sp³-hybridized carbons (Fsp3) is 1.00. The minimum absolute atomic E-state index is 0.110. The second-order valence-electron chi connectivity index (χ2n) is 9.93. The molecule has 4 aliphatic rings. The van der Waals surface area contributed by atoms with Gasteiger partial charge >= 0.3 is 0 Å². The van der Waals surface area contributed by atoms with Crippen LogP contribution in [0.1, 0.15) is 65.7 Å². The van der Waals surface area contributed by atoms with E-state index in [9.17, 15) is 0 Å². The van der Waals surface area contributed by atoms with Crippen molar-refractivity contribution in [3.05, 3.63) is 0 Å². The highest BCUT2D eigenvalue weighted by Crippen LogP contribution is 2.49. The lowest BCUT2D eigenvalue weighted by Gasteiger charge is -2.40. The number of thioether (sulfide) groups is 1.